The molecule has 0 aromatic carbocycles. The number of carboxylic acid groups (broad SMARTS) is 1. The van der Waals surface area contributed by atoms with Crippen LogP contribution in [0.2, 0.25) is 0 Å². The number of hydrogen-bond donors (Lipinski definition) is 2. The summed E-state index contributed by atoms with van der Waals surface area (Å²) in [4.78, 5) is 13.0. The summed E-state index contributed by atoms with van der Waals surface area (Å²) < 4.78 is 4.65. The van der Waals surface area contributed by atoms with Crippen LogP contribution in [0.25, 0.3) is 0 Å². The fraction of sp³-hybridized carbons (Fsp3) is 0.720. The van der Waals surface area contributed by atoms with Crippen molar-refractivity contribution in [3.05, 3.63) is 36.6 Å². The zero-order valence-corrected chi connectivity index (χ0v) is 19.9. The fourth-order valence-corrected chi connectivity index (χ4v) is 3.45. The normalized spacial score (nSPS) is 12.2. The summed E-state index contributed by atoms with van der Waals surface area (Å²) in [5.41, 5.74) is 0.819. The molecule has 0 bridgehead atoms. The molecule has 2 N–H and O–H groups in total. The van der Waals surface area contributed by atoms with Crippen molar-refractivity contribution < 1.29 is 19.4 Å². The van der Waals surface area contributed by atoms with Gasteiger partial charge in [-0.1, -0.05) is 84.0 Å². The Bertz CT molecular complexity index is 506. The fourth-order valence-electron chi connectivity index (χ4n) is 3.45. The first-order chi connectivity index (χ1) is 15.2. The van der Waals surface area contributed by atoms with Crippen LogP contribution < -0.4 is 0 Å². The van der Waals surface area contributed by atoms with Gasteiger partial charge in [0.2, 0.25) is 0 Å². The molecule has 1 aliphatic heterocycles. The van der Waals surface area contributed by atoms with E-state index in [4.69, 9.17) is 15.0 Å². The Kier molecular flexibility index (Phi) is 21.3. The number of rotatable bonds is 15. The van der Waals surface area contributed by atoms with Gasteiger partial charge >= 0.3 is 0 Å². The van der Waals surface area contributed by atoms with Gasteiger partial charge < -0.3 is 24.4 Å². The third-order valence-corrected chi connectivity index (χ3v) is 5.25. The van der Waals surface area contributed by atoms with Crippen molar-refractivity contribution in [1.82, 2.24) is 9.80 Å². The number of nitrogens with zero attached hydrogens (tertiary/aromatic N) is 2. The van der Waals surface area contributed by atoms with Gasteiger partial charge in [0.25, 0.3) is 6.47 Å². The van der Waals surface area contributed by atoms with E-state index < -0.39 is 0 Å². The lowest BCUT2D eigenvalue weighted by Crippen LogP contribution is -2.23. The number of furan rings is 1. The molecule has 0 radical (unpaired) electrons. The maximum atomic E-state index is 8.37. The summed E-state index contributed by atoms with van der Waals surface area (Å²) in [5.74, 6) is 0. The lowest BCUT2D eigenvalue weighted by molar-refractivity contribution is -0.122. The van der Waals surface area contributed by atoms with Crippen LogP contribution in [-0.2, 0) is 11.4 Å². The van der Waals surface area contributed by atoms with E-state index in [-0.39, 0.29) is 13.1 Å². The van der Waals surface area contributed by atoms with Gasteiger partial charge in [-0.05, 0) is 12.5 Å². The second-order valence-electron chi connectivity index (χ2n) is 8.15. The number of hydrogen-bond acceptors (Lipinski definition) is 5. The first kappa shape index (κ1) is 29.1. The molecule has 0 aliphatic carbocycles. The van der Waals surface area contributed by atoms with Crippen molar-refractivity contribution in [2.75, 3.05) is 20.3 Å². The summed E-state index contributed by atoms with van der Waals surface area (Å²) in [5, 5.41) is 15.3. The molecule has 0 fully saturated rings. The third kappa shape index (κ3) is 19.7. The molecule has 6 nitrogen and oxygen atoms in total. The van der Waals surface area contributed by atoms with Crippen LogP contribution in [0.4, 0.5) is 0 Å². The van der Waals surface area contributed by atoms with Gasteiger partial charge in [0.15, 0.2) is 0 Å². The summed E-state index contributed by atoms with van der Waals surface area (Å²) in [7, 11) is 2.14. The minimum absolute atomic E-state index is 0.0660. The first-order valence-corrected chi connectivity index (χ1v) is 12.0. The van der Waals surface area contributed by atoms with Crippen LogP contribution in [0.3, 0.4) is 0 Å². The highest BCUT2D eigenvalue weighted by Gasteiger charge is 2.06. The third-order valence-electron chi connectivity index (χ3n) is 5.25. The van der Waals surface area contributed by atoms with Crippen molar-refractivity contribution in [2.45, 2.75) is 97.0 Å². The van der Waals surface area contributed by atoms with Crippen LogP contribution in [0.15, 0.2) is 35.4 Å². The minimum atomic E-state index is -0.250. The van der Waals surface area contributed by atoms with Crippen molar-refractivity contribution >= 4 is 6.47 Å². The average Bonchev–Trinajstić information content (AvgIpc) is 3.44. The van der Waals surface area contributed by atoms with Gasteiger partial charge in [-0.15, -0.1) is 0 Å². The summed E-state index contributed by atoms with van der Waals surface area (Å²) in [6.07, 6.45) is 26.1. The molecule has 1 aromatic rings. The Hall–Kier alpha value is -1.95. The quantitative estimate of drug-likeness (QED) is 0.250. The molecule has 0 amide bonds. The zero-order valence-electron chi connectivity index (χ0n) is 19.9. The Morgan fingerprint density at radius 1 is 0.935 bits per heavy atom. The van der Waals surface area contributed by atoms with Gasteiger partial charge in [0, 0.05) is 31.6 Å². The Balaban J connectivity index is 0.000000739. The van der Waals surface area contributed by atoms with Crippen LogP contribution in [0.1, 0.15) is 96.0 Å². The topological polar surface area (TPSA) is 77.2 Å². The lowest BCUT2D eigenvalue weighted by Gasteiger charge is -2.17. The maximum Gasteiger partial charge on any atom is 0.290 e. The monoisotopic (exact) mass is 438 g/mol. The molecule has 0 spiro atoms. The van der Waals surface area contributed by atoms with E-state index in [1.807, 2.05) is 0 Å². The molecule has 0 unspecified atom stereocenters. The van der Waals surface area contributed by atoms with E-state index in [1.54, 1.807) is 6.07 Å². The highest BCUT2D eigenvalue weighted by Crippen LogP contribution is 2.13. The van der Waals surface area contributed by atoms with Crippen LogP contribution in [0, 0.1) is 0 Å². The van der Waals surface area contributed by atoms with Crippen LogP contribution in [0.5, 0.6) is 0 Å². The second kappa shape index (κ2) is 22.7. The first-order valence-electron chi connectivity index (χ1n) is 12.0. The van der Waals surface area contributed by atoms with Gasteiger partial charge in [-0.25, -0.2) is 0 Å². The highest BCUT2D eigenvalue weighted by atomic mass is 16.3. The van der Waals surface area contributed by atoms with Crippen LogP contribution in [-0.4, -0.2) is 46.7 Å². The largest absolute Gasteiger partial charge is 0.483 e. The van der Waals surface area contributed by atoms with E-state index in [0.717, 1.165) is 12.2 Å². The summed E-state index contributed by atoms with van der Waals surface area (Å²) >= 11 is 0. The molecule has 1 aromatic heterocycles. The summed E-state index contributed by atoms with van der Waals surface area (Å²) in [6.45, 7) is 4.42. The molecular weight excluding hydrogens is 392 g/mol. The minimum Gasteiger partial charge on any atom is -0.483 e. The van der Waals surface area contributed by atoms with E-state index in [1.165, 1.54) is 103 Å². The predicted octanol–water partition coefficient (Wildman–Crippen LogP) is 6.23. The molecule has 0 atom stereocenters. The smallest absolute Gasteiger partial charge is 0.290 e. The van der Waals surface area contributed by atoms with Crippen molar-refractivity contribution in [3.8, 4) is 0 Å². The molecule has 0 saturated heterocycles. The zero-order chi connectivity index (χ0) is 23.0. The molecule has 2 rings (SSSR count). The van der Waals surface area contributed by atoms with E-state index in [0.29, 0.717) is 0 Å². The Morgan fingerprint density at radius 3 is 1.81 bits per heavy atom. The number of unbranched alkanes of at least 4 members (excludes halogenated alkanes) is 12. The van der Waals surface area contributed by atoms with E-state index >= 15 is 0 Å². The maximum absolute atomic E-state index is 8.37. The van der Waals surface area contributed by atoms with Gasteiger partial charge in [0.05, 0.1) is 25.8 Å². The van der Waals surface area contributed by atoms with E-state index in [2.05, 4.69) is 40.6 Å². The molecule has 6 heteroatoms. The molecule has 0 saturated carbocycles. The highest BCUT2D eigenvalue weighted by molar-refractivity contribution is 5.32. The lowest BCUT2D eigenvalue weighted by atomic mass is 10.0. The van der Waals surface area contributed by atoms with Crippen LogP contribution >= 0.6 is 0 Å². The molecule has 1 aliphatic rings. The average molecular weight is 439 g/mol. The molecule has 2 heterocycles. The number of carbonyl (C=O) groups is 1. The predicted molar refractivity (Wildman–Crippen MR) is 127 cm³/mol. The van der Waals surface area contributed by atoms with Crippen molar-refractivity contribution in [2.24, 2.45) is 0 Å². The number of aliphatic hydroxyl groups is 1. The van der Waals surface area contributed by atoms with Crippen molar-refractivity contribution in [1.29, 1.82) is 0 Å². The van der Waals surface area contributed by atoms with E-state index in [9.17, 15) is 0 Å². The van der Waals surface area contributed by atoms with Gasteiger partial charge in [0.1, 0.15) is 0 Å². The molecule has 31 heavy (non-hydrogen) atoms. The number of aliphatic hydroxyl groups excluding tert-OH is 1. The Labute approximate surface area is 189 Å². The SMILES string of the molecule is CCCCCCCCCCCCCCCN1C=CN(C)C1.O=CO.OCc1ccoc1. The molecular formula is C25H46N2O4. The van der Waals surface area contributed by atoms with Gasteiger partial charge in [-0.3, -0.25) is 4.79 Å². The summed E-state index contributed by atoms with van der Waals surface area (Å²) in [6, 6.07) is 1.72. The second-order valence-corrected chi connectivity index (χ2v) is 8.15. The molecule has 180 valence electrons. The van der Waals surface area contributed by atoms with Gasteiger partial charge in [-0.2, -0.15) is 0 Å². The van der Waals surface area contributed by atoms with Crippen molar-refractivity contribution in [3.63, 3.8) is 0 Å². The Morgan fingerprint density at radius 2 is 1.45 bits per heavy atom. The standard InChI is InChI=1S/C19H38N2.C5H6O2.CH2O2/c1-3-4-5-6-7-8-9-10-11-12-13-14-15-16-21-18-17-20(2)19-21;6-3-5-1-2-7-4-5;2-1-3/h17-18H,3-16,19H2,1-2H3;1-2,4,6H,3H2;1H,(H,2,3).